The van der Waals surface area contributed by atoms with Crippen LogP contribution in [0.1, 0.15) is 5.56 Å². The fraction of sp³-hybridized carbons (Fsp3) is 0.455. The van der Waals surface area contributed by atoms with Crippen molar-refractivity contribution in [2.24, 2.45) is 0 Å². The van der Waals surface area contributed by atoms with E-state index in [0.29, 0.717) is 5.69 Å². The molecule has 84 valence electrons. The van der Waals surface area contributed by atoms with Crippen LogP contribution in [0, 0.1) is 12.7 Å². The van der Waals surface area contributed by atoms with Gasteiger partial charge in [-0.15, -0.1) is 0 Å². The van der Waals surface area contributed by atoms with Gasteiger partial charge in [-0.2, -0.15) is 0 Å². The first-order chi connectivity index (χ1) is 7.13. The average molecular weight is 213 g/mol. The van der Waals surface area contributed by atoms with E-state index in [4.69, 9.17) is 4.74 Å². The highest BCUT2D eigenvalue weighted by molar-refractivity contribution is 5.47. The highest BCUT2D eigenvalue weighted by Gasteiger charge is 2.05. The molecule has 0 radical (unpaired) electrons. The minimum absolute atomic E-state index is 0.237. The van der Waals surface area contributed by atoms with E-state index in [9.17, 15) is 9.50 Å². The van der Waals surface area contributed by atoms with Crippen LogP contribution in [0.15, 0.2) is 18.2 Å². The van der Waals surface area contributed by atoms with Gasteiger partial charge in [0.25, 0.3) is 0 Å². The average Bonchev–Trinajstić information content (AvgIpc) is 2.20. The van der Waals surface area contributed by atoms with E-state index in [1.807, 2.05) is 6.92 Å². The SMILES string of the molecule is COCC(O)CNc1cc(C)ccc1F. The standard InChI is InChI=1S/C11H16FNO2/c1-8-3-4-10(12)11(5-8)13-6-9(14)7-15-2/h3-5,9,13-14H,6-7H2,1-2H3. The normalized spacial score (nSPS) is 12.5. The molecule has 1 atom stereocenters. The molecular weight excluding hydrogens is 197 g/mol. The molecule has 0 saturated heterocycles. The van der Waals surface area contributed by atoms with E-state index < -0.39 is 6.10 Å². The van der Waals surface area contributed by atoms with E-state index in [2.05, 4.69) is 5.32 Å². The van der Waals surface area contributed by atoms with Gasteiger partial charge in [0.2, 0.25) is 0 Å². The maximum absolute atomic E-state index is 13.2. The number of anilines is 1. The van der Waals surface area contributed by atoms with Crippen molar-refractivity contribution in [1.29, 1.82) is 0 Å². The molecule has 1 aromatic rings. The first-order valence-electron chi connectivity index (χ1n) is 4.80. The number of hydrogen-bond donors (Lipinski definition) is 2. The van der Waals surface area contributed by atoms with Crippen LogP contribution in [0.2, 0.25) is 0 Å². The molecule has 0 heterocycles. The zero-order valence-corrected chi connectivity index (χ0v) is 8.96. The molecule has 0 aromatic heterocycles. The maximum Gasteiger partial charge on any atom is 0.146 e. The van der Waals surface area contributed by atoms with Crippen LogP contribution >= 0.6 is 0 Å². The van der Waals surface area contributed by atoms with Gasteiger partial charge in [0.05, 0.1) is 18.4 Å². The lowest BCUT2D eigenvalue weighted by molar-refractivity contribution is 0.0727. The smallest absolute Gasteiger partial charge is 0.146 e. The van der Waals surface area contributed by atoms with Crippen LogP contribution in [-0.2, 0) is 4.74 Å². The van der Waals surface area contributed by atoms with Crippen molar-refractivity contribution in [3.8, 4) is 0 Å². The van der Waals surface area contributed by atoms with Crippen molar-refractivity contribution in [3.63, 3.8) is 0 Å². The molecule has 0 spiro atoms. The Hall–Kier alpha value is -1.13. The first kappa shape index (κ1) is 11.9. The van der Waals surface area contributed by atoms with Crippen LogP contribution in [0.5, 0.6) is 0 Å². The van der Waals surface area contributed by atoms with Gasteiger partial charge >= 0.3 is 0 Å². The van der Waals surface area contributed by atoms with E-state index >= 15 is 0 Å². The largest absolute Gasteiger partial charge is 0.389 e. The van der Waals surface area contributed by atoms with Crippen molar-refractivity contribution in [2.45, 2.75) is 13.0 Å². The molecule has 0 saturated carbocycles. The van der Waals surface area contributed by atoms with Crippen LogP contribution < -0.4 is 5.32 Å². The Balaban J connectivity index is 2.53. The molecule has 4 heteroatoms. The second-order valence-corrected chi connectivity index (χ2v) is 3.47. The molecule has 1 aromatic carbocycles. The van der Waals surface area contributed by atoms with Gasteiger partial charge in [-0.1, -0.05) is 6.07 Å². The van der Waals surface area contributed by atoms with Crippen molar-refractivity contribution >= 4 is 5.69 Å². The molecule has 2 N–H and O–H groups in total. The second kappa shape index (κ2) is 5.68. The summed E-state index contributed by atoms with van der Waals surface area (Å²) in [4.78, 5) is 0. The van der Waals surface area contributed by atoms with Crippen LogP contribution in [-0.4, -0.2) is 31.5 Å². The maximum atomic E-state index is 13.2. The topological polar surface area (TPSA) is 41.5 Å². The van der Waals surface area contributed by atoms with E-state index in [-0.39, 0.29) is 19.0 Å². The summed E-state index contributed by atoms with van der Waals surface area (Å²) in [6.45, 7) is 2.39. The summed E-state index contributed by atoms with van der Waals surface area (Å²) in [5, 5.41) is 12.2. The van der Waals surface area contributed by atoms with E-state index in [1.54, 1.807) is 12.1 Å². The minimum Gasteiger partial charge on any atom is -0.389 e. The summed E-state index contributed by atoms with van der Waals surface area (Å²) >= 11 is 0. The quantitative estimate of drug-likeness (QED) is 0.779. The summed E-state index contributed by atoms with van der Waals surface area (Å²) in [6.07, 6.45) is -0.630. The van der Waals surface area contributed by atoms with Gasteiger partial charge in [-0.25, -0.2) is 4.39 Å². The number of ether oxygens (including phenoxy) is 1. The van der Waals surface area contributed by atoms with E-state index in [0.717, 1.165) is 5.56 Å². The summed E-state index contributed by atoms with van der Waals surface area (Å²) in [6, 6.07) is 4.81. The van der Waals surface area contributed by atoms with Crippen molar-refractivity contribution in [3.05, 3.63) is 29.6 Å². The Labute approximate surface area is 88.9 Å². The molecular formula is C11H16FNO2. The van der Waals surface area contributed by atoms with Crippen LogP contribution in [0.4, 0.5) is 10.1 Å². The zero-order valence-electron chi connectivity index (χ0n) is 8.96. The van der Waals surface area contributed by atoms with Crippen molar-refractivity contribution < 1.29 is 14.2 Å². The van der Waals surface area contributed by atoms with Gasteiger partial charge in [0.1, 0.15) is 5.82 Å². The van der Waals surface area contributed by atoms with Gasteiger partial charge < -0.3 is 15.2 Å². The molecule has 0 aliphatic carbocycles. The lowest BCUT2D eigenvalue weighted by Crippen LogP contribution is -2.24. The lowest BCUT2D eigenvalue weighted by atomic mass is 10.2. The molecule has 0 amide bonds. The number of benzene rings is 1. The second-order valence-electron chi connectivity index (χ2n) is 3.47. The third kappa shape index (κ3) is 3.85. The number of aryl methyl sites for hydroxylation is 1. The monoisotopic (exact) mass is 213 g/mol. The third-order valence-electron chi connectivity index (χ3n) is 2.01. The lowest BCUT2D eigenvalue weighted by Gasteiger charge is -2.12. The van der Waals surface area contributed by atoms with Crippen molar-refractivity contribution in [2.75, 3.05) is 25.6 Å². The van der Waals surface area contributed by atoms with Gasteiger partial charge in [-0.05, 0) is 24.6 Å². The Morgan fingerprint density at radius 2 is 2.27 bits per heavy atom. The number of halogens is 1. The Bertz CT molecular complexity index is 317. The molecule has 15 heavy (non-hydrogen) atoms. The summed E-state index contributed by atoms with van der Waals surface area (Å²) in [7, 11) is 1.51. The minimum atomic E-state index is -0.630. The summed E-state index contributed by atoms with van der Waals surface area (Å²) < 4.78 is 18.0. The molecule has 0 fully saturated rings. The third-order valence-corrected chi connectivity index (χ3v) is 2.01. The van der Waals surface area contributed by atoms with E-state index in [1.165, 1.54) is 13.2 Å². The Kier molecular flexibility index (Phi) is 4.52. The predicted octanol–water partition coefficient (Wildman–Crippen LogP) is 1.55. The number of aliphatic hydroxyl groups is 1. The summed E-state index contributed by atoms with van der Waals surface area (Å²) in [5.41, 5.74) is 1.38. The molecule has 0 aliphatic rings. The number of hydrogen-bond acceptors (Lipinski definition) is 3. The van der Waals surface area contributed by atoms with Gasteiger partial charge in [-0.3, -0.25) is 0 Å². The molecule has 1 unspecified atom stereocenters. The highest BCUT2D eigenvalue weighted by Crippen LogP contribution is 2.15. The molecule has 1 rings (SSSR count). The highest BCUT2D eigenvalue weighted by atomic mass is 19.1. The predicted molar refractivity (Wildman–Crippen MR) is 57.5 cm³/mol. The Morgan fingerprint density at radius 3 is 2.93 bits per heavy atom. The summed E-state index contributed by atoms with van der Waals surface area (Å²) in [5.74, 6) is -0.315. The Morgan fingerprint density at radius 1 is 1.53 bits per heavy atom. The molecule has 0 aliphatic heterocycles. The molecule has 3 nitrogen and oxygen atoms in total. The van der Waals surface area contributed by atoms with Gasteiger partial charge in [0, 0.05) is 13.7 Å². The van der Waals surface area contributed by atoms with Crippen molar-refractivity contribution in [1.82, 2.24) is 0 Å². The number of aliphatic hydroxyl groups excluding tert-OH is 1. The first-order valence-corrected chi connectivity index (χ1v) is 4.80. The fourth-order valence-electron chi connectivity index (χ4n) is 1.25. The van der Waals surface area contributed by atoms with Crippen LogP contribution in [0.3, 0.4) is 0 Å². The molecule has 0 bridgehead atoms. The van der Waals surface area contributed by atoms with Gasteiger partial charge in [0.15, 0.2) is 0 Å². The zero-order chi connectivity index (χ0) is 11.3. The fourth-order valence-corrected chi connectivity index (χ4v) is 1.25. The number of nitrogens with one attached hydrogen (secondary N) is 1. The number of rotatable bonds is 5. The van der Waals surface area contributed by atoms with Crippen LogP contribution in [0.25, 0.3) is 0 Å². The number of methoxy groups -OCH3 is 1.